The SMILES string of the molecule is CCCCOCCNN(C)C. The Morgan fingerprint density at radius 3 is 2.55 bits per heavy atom. The molecule has 0 spiro atoms. The molecule has 0 aromatic heterocycles. The summed E-state index contributed by atoms with van der Waals surface area (Å²) in [5.41, 5.74) is 3.13. The number of nitrogens with one attached hydrogen (secondary N) is 1. The first-order valence-corrected chi connectivity index (χ1v) is 4.26. The van der Waals surface area contributed by atoms with Crippen molar-refractivity contribution in [3.8, 4) is 0 Å². The van der Waals surface area contributed by atoms with Gasteiger partial charge in [0.05, 0.1) is 6.61 Å². The lowest BCUT2D eigenvalue weighted by Crippen LogP contribution is -2.33. The van der Waals surface area contributed by atoms with Gasteiger partial charge in [-0.3, -0.25) is 10.4 Å². The third kappa shape index (κ3) is 9.88. The van der Waals surface area contributed by atoms with Crippen LogP contribution in [0.5, 0.6) is 0 Å². The maximum absolute atomic E-state index is 5.34. The van der Waals surface area contributed by atoms with Crippen molar-refractivity contribution in [3.05, 3.63) is 0 Å². The Morgan fingerprint density at radius 2 is 2.00 bits per heavy atom. The fourth-order valence-corrected chi connectivity index (χ4v) is 0.690. The van der Waals surface area contributed by atoms with Crippen molar-refractivity contribution in [1.29, 1.82) is 0 Å². The molecular weight excluding hydrogens is 140 g/mol. The molecule has 0 bridgehead atoms. The van der Waals surface area contributed by atoms with E-state index in [0.29, 0.717) is 0 Å². The first-order chi connectivity index (χ1) is 5.27. The van der Waals surface area contributed by atoms with Gasteiger partial charge in [0.2, 0.25) is 0 Å². The average Bonchev–Trinajstić information content (AvgIpc) is 1.96. The number of nitrogens with zero attached hydrogens (tertiary/aromatic N) is 1. The average molecular weight is 160 g/mol. The summed E-state index contributed by atoms with van der Waals surface area (Å²) in [5.74, 6) is 0. The zero-order chi connectivity index (χ0) is 8.53. The Hall–Kier alpha value is -0.120. The van der Waals surface area contributed by atoms with Crippen LogP contribution in [0.1, 0.15) is 19.8 Å². The van der Waals surface area contributed by atoms with Gasteiger partial charge < -0.3 is 4.74 Å². The zero-order valence-corrected chi connectivity index (χ0v) is 7.89. The van der Waals surface area contributed by atoms with E-state index in [2.05, 4.69) is 12.3 Å². The summed E-state index contributed by atoms with van der Waals surface area (Å²) in [7, 11) is 3.96. The van der Waals surface area contributed by atoms with Crippen LogP contribution in [0.4, 0.5) is 0 Å². The molecule has 68 valence electrons. The Labute approximate surface area is 69.7 Å². The van der Waals surface area contributed by atoms with Crippen LogP contribution < -0.4 is 5.43 Å². The van der Waals surface area contributed by atoms with Crippen molar-refractivity contribution in [2.45, 2.75) is 19.8 Å². The van der Waals surface area contributed by atoms with Crippen LogP contribution in [-0.4, -0.2) is 38.9 Å². The number of unbranched alkanes of at least 4 members (excludes halogenated alkanes) is 1. The molecular formula is C8H20N2O. The summed E-state index contributed by atoms with van der Waals surface area (Å²) in [6.07, 6.45) is 2.38. The van der Waals surface area contributed by atoms with E-state index in [4.69, 9.17) is 4.74 Å². The van der Waals surface area contributed by atoms with Gasteiger partial charge in [-0.15, -0.1) is 0 Å². The van der Waals surface area contributed by atoms with Gasteiger partial charge in [0.25, 0.3) is 0 Å². The second-order valence-corrected chi connectivity index (χ2v) is 2.77. The van der Waals surface area contributed by atoms with Crippen LogP contribution in [0.15, 0.2) is 0 Å². The summed E-state index contributed by atoms with van der Waals surface area (Å²) < 4.78 is 5.34. The molecule has 0 aliphatic heterocycles. The van der Waals surface area contributed by atoms with Gasteiger partial charge in [0.1, 0.15) is 0 Å². The lowest BCUT2D eigenvalue weighted by Gasteiger charge is -2.11. The van der Waals surface area contributed by atoms with E-state index in [1.165, 1.54) is 12.8 Å². The second kappa shape index (κ2) is 7.98. The van der Waals surface area contributed by atoms with E-state index in [-0.39, 0.29) is 0 Å². The molecule has 0 aliphatic carbocycles. The van der Waals surface area contributed by atoms with Crippen molar-refractivity contribution in [2.24, 2.45) is 0 Å². The fourth-order valence-electron chi connectivity index (χ4n) is 0.690. The normalized spacial score (nSPS) is 10.9. The van der Waals surface area contributed by atoms with Gasteiger partial charge in [-0.1, -0.05) is 13.3 Å². The van der Waals surface area contributed by atoms with Gasteiger partial charge in [-0.2, -0.15) is 0 Å². The zero-order valence-electron chi connectivity index (χ0n) is 7.89. The van der Waals surface area contributed by atoms with Crippen molar-refractivity contribution >= 4 is 0 Å². The molecule has 0 saturated heterocycles. The second-order valence-electron chi connectivity index (χ2n) is 2.77. The summed E-state index contributed by atoms with van der Waals surface area (Å²) in [6.45, 7) is 4.77. The molecule has 0 atom stereocenters. The summed E-state index contributed by atoms with van der Waals surface area (Å²) >= 11 is 0. The third-order valence-corrected chi connectivity index (χ3v) is 1.32. The number of rotatable bonds is 7. The van der Waals surface area contributed by atoms with E-state index in [1.54, 1.807) is 0 Å². The number of hydrogen-bond acceptors (Lipinski definition) is 3. The van der Waals surface area contributed by atoms with Crippen LogP contribution in [0.2, 0.25) is 0 Å². The lowest BCUT2D eigenvalue weighted by atomic mass is 10.4. The monoisotopic (exact) mass is 160 g/mol. The lowest BCUT2D eigenvalue weighted by molar-refractivity contribution is 0.118. The molecule has 0 fully saturated rings. The molecule has 0 amide bonds. The minimum Gasteiger partial charge on any atom is -0.380 e. The van der Waals surface area contributed by atoms with Crippen LogP contribution in [0.25, 0.3) is 0 Å². The summed E-state index contributed by atoms with van der Waals surface area (Å²) in [5, 5.41) is 1.93. The molecule has 0 unspecified atom stereocenters. The molecule has 1 N–H and O–H groups in total. The minimum absolute atomic E-state index is 0.804. The van der Waals surface area contributed by atoms with Gasteiger partial charge in [-0.05, 0) is 6.42 Å². The summed E-state index contributed by atoms with van der Waals surface area (Å²) in [4.78, 5) is 0. The van der Waals surface area contributed by atoms with E-state index in [1.807, 2.05) is 19.1 Å². The first kappa shape index (κ1) is 10.9. The van der Waals surface area contributed by atoms with E-state index >= 15 is 0 Å². The molecule has 0 rings (SSSR count). The molecule has 3 heteroatoms. The maximum atomic E-state index is 5.34. The number of ether oxygens (including phenoxy) is 1. The number of hydrogen-bond donors (Lipinski definition) is 1. The smallest absolute Gasteiger partial charge is 0.0604 e. The molecule has 0 aliphatic rings. The summed E-state index contributed by atoms with van der Waals surface area (Å²) in [6, 6.07) is 0. The van der Waals surface area contributed by atoms with Crippen LogP contribution in [-0.2, 0) is 4.74 Å². The standard InChI is InChI=1S/C8H20N2O/c1-4-5-7-11-8-6-9-10(2)3/h9H,4-8H2,1-3H3. The highest BCUT2D eigenvalue weighted by Gasteiger charge is 1.88. The Kier molecular flexibility index (Phi) is 7.89. The highest BCUT2D eigenvalue weighted by atomic mass is 16.5. The molecule has 0 saturated carbocycles. The van der Waals surface area contributed by atoms with Gasteiger partial charge in [0.15, 0.2) is 0 Å². The van der Waals surface area contributed by atoms with Crippen LogP contribution in [0.3, 0.4) is 0 Å². The minimum atomic E-state index is 0.804. The van der Waals surface area contributed by atoms with Gasteiger partial charge in [0, 0.05) is 27.2 Å². The molecule has 0 aromatic rings. The Morgan fingerprint density at radius 1 is 1.27 bits per heavy atom. The van der Waals surface area contributed by atoms with Crippen molar-refractivity contribution in [2.75, 3.05) is 33.9 Å². The van der Waals surface area contributed by atoms with Crippen molar-refractivity contribution in [3.63, 3.8) is 0 Å². The molecule has 0 aromatic carbocycles. The van der Waals surface area contributed by atoms with Crippen molar-refractivity contribution in [1.82, 2.24) is 10.4 Å². The fraction of sp³-hybridized carbons (Fsp3) is 1.00. The maximum Gasteiger partial charge on any atom is 0.0604 e. The predicted octanol–water partition coefficient (Wildman–Crippen LogP) is 0.869. The van der Waals surface area contributed by atoms with Gasteiger partial charge in [-0.25, -0.2) is 0 Å². The molecule has 11 heavy (non-hydrogen) atoms. The highest BCUT2D eigenvalue weighted by Crippen LogP contribution is 1.86. The largest absolute Gasteiger partial charge is 0.380 e. The quantitative estimate of drug-likeness (QED) is 0.442. The van der Waals surface area contributed by atoms with Crippen LogP contribution >= 0.6 is 0 Å². The highest BCUT2D eigenvalue weighted by molar-refractivity contribution is 4.38. The van der Waals surface area contributed by atoms with Crippen LogP contribution in [0, 0.1) is 0 Å². The third-order valence-electron chi connectivity index (χ3n) is 1.32. The van der Waals surface area contributed by atoms with Gasteiger partial charge >= 0.3 is 0 Å². The molecule has 3 nitrogen and oxygen atoms in total. The topological polar surface area (TPSA) is 24.5 Å². The Balaban J connectivity index is 2.80. The van der Waals surface area contributed by atoms with Crippen molar-refractivity contribution < 1.29 is 4.74 Å². The van der Waals surface area contributed by atoms with E-state index in [9.17, 15) is 0 Å². The van der Waals surface area contributed by atoms with E-state index in [0.717, 1.165) is 19.8 Å². The molecule has 0 radical (unpaired) electrons. The van der Waals surface area contributed by atoms with E-state index < -0.39 is 0 Å². The Bertz CT molecular complexity index is 76.5. The number of hydrazine groups is 1. The predicted molar refractivity (Wildman–Crippen MR) is 47.4 cm³/mol. The molecule has 0 heterocycles. The first-order valence-electron chi connectivity index (χ1n) is 4.26.